The van der Waals surface area contributed by atoms with Gasteiger partial charge < -0.3 is 19.7 Å². The fraction of sp³-hybridized carbons (Fsp3) is 0.692. The minimum Gasteiger partial charge on any atom is -0.391 e. The molecule has 6 heteroatoms. The number of aryl methyl sites for hydroxylation is 2. The number of aromatic nitrogens is 1. The van der Waals surface area contributed by atoms with E-state index < -0.39 is 6.10 Å². The lowest BCUT2D eigenvalue weighted by molar-refractivity contribution is -0.121. The van der Waals surface area contributed by atoms with E-state index in [1.54, 1.807) is 0 Å². The summed E-state index contributed by atoms with van der Waals surface area (Å²) in [5, 5.41) is 16.0. The van der Waals surface area contributed by atoms with Gasteiger partial charge in [-0.15, -0.1) is 0 Å². The summed E-state index contributed by atoms with van der Waals surface area (Å²) in [6, 6.07) is 0. The predicted molar refractivity (Wildman–Crippen MR) is 69.8 cm³/mol. The van der Waals surface area contributed by atoms with Gasteiger partial charge in [0.15, 0.2) is 0 Å². The standard InChI is InChI=1S/C13H22N2O4/c1-9-12(10(2)19-15-9)4-5-13(17)14-7-6-11(16)8-18-3/h11,16H,4-8H2,1-3H3,(H,14,17). The number of rotatable bonds is 8. The van der Waals surface area contributed by atoms with Crippen LogP contribution in [0.25, 0.3) is 0 Å². The van der Waals surface area contributed by atoms with E-state index in [2.05, 4.69) is 10.5 Å². The Hall–Kier alpha value is -1.40. The fourth-order valence-electron chi connectivity index (χ4n) is 1.84. The van der Waals surface area contributed by atoms with Crippen molar-refractivity contribution in [3.05, 3.63) is 17.0 Å². The SMILES string of the molecule is COCC(O)CCNC(=O)CCc1c(C)noc1C. The summed E-state index contributed by atoms with van der Waals surface area (Å²) in [5.41, 5.74) is 1.83. The van der Waals surface area contributed by atoms with E-state index in [0.717, 1.165) is 17.0 Å². The van der Waals surface area contributed by atoms with Gasteiger partial charge in [0.2, 0.25) is 5.91 Å². The van der Waals surface area contributed by atoms with Crippen molar-refractivity contribution in [2.75, 3.05) is 20.3 Å². The topological polar surface area (TPSA) is 84.6 Å². The van der Waals surface area contributed by atoms with Gasteiger partial charge in [0, 0.05) is 25.6 Å². The molecular formula is C13H22N2O4. The monoisotopic (exact) mass is 270 g/mol. The Morgan fingerprint density at radius 3 is 2.84 bits per heavy atom. The molecule has 1 aromatic rings. The minimum absolute atomic E-state index is 0.0374. The molecular weight excluding hydrogens is 248 g/mol. The molecule has 0 saturated heterocycles. The Kier molecular flexibility index (Phi) is 6.52. The third kappa shape index (κ3) is 5.40. The normalized spacial score (nSPS) is 12.4. The fourth-order valence-corrected chi connectivity index (χ4v) is 1.84. The van der Waals surface area contributed by atoms with Crippen molar-refractivity contribution < 1.29 is 19.2 Å². The van der Waals surface area contributed by atoms with Crippen LogP contribution in [-0.2, 0) is 16.0 Å². The van der Waals surface area contributed by atoms with Crippen molar-refractivity contribution in [2.45, 2.75) is 39.2 Å². The first-order valence-corrected chi connectivity index (χ1v) is 6.40. The predicted octanol–water partition coefficient (Wildman–Crippen LogP) is 0.738. The summed E-state index contributed by atoms with van der Waals surface area (Å²) in [4.78, 5) is 11.6. The number of hydrogen-bond acceptors (Lipinski definition) is 5. The summed E-state index contributed by atoms with van der Waals surface area (Å²) in [5.74, 6) is 0.727. The lowest BCUT2D eigenvalue weighted by atomic mass is 10.1. The highest BCUT2D eigenvalue weighted by molar-refractivity contribution is 5.76. The highest BCUT2D eigenvalue weighted by atomic mass is 16.5. The van der Waals surface area contributed by atoms with Gasteiger partial charge in [-0.2, -0.15) is 0 Å². The molecule has 19 heavy (non-hydrogen) atoms. The summed E-state index contributed by atoms with van der Waals surface area (Å²) in [7, 11) is 1.53. The van der Waals surface area contributed by atoms with E-state index in [4.69, 9.17) is 9.26 Å². The van der Waals surface area contributed by atoms with Crippen LogP contribution in [0, 0.1) is 13.8 Å². The Morgan fingerprint density at radius 1 is 1.53 bits per heavy atom. The van der Waals surface area contributed by atoms with E-state index in [9.17, 15) is 9.90 Å². The van der Waals surface area contributed by atoms with Gasteiger partial charge in [0.1, 0.15) is 5.76 Å². The van der Waals surface area contributed by atoms with Crippen LogP contribution in [0.3, 0.4) is 0 Å². The van der Waals surface area contributed by atoms with Crippen molar-refractivity contribution in [3.63, 3.8) is 0 Å². The Balaban J connectivity index is 2.22. The van der Waals surface area contributed by atoms with Gasteiger partial charge in [-0.1, -0.05) is 5.16 Å². The van der Waals surface area contributed by atoms with Crippen molar-refractivity contribution in [3.8, 4) is 0 Å². The van der Waals surface area contributed by atoms with Crippen molar-refractivity contribution in [2.24, 2.45) is 0 Å². The summed E-state index contributed by atoms with van der Waals surface area (Å²) in [6.45, 7) is 4.44. The summed E-state index contributed by atoms with van der Waals surface area (Å²) < 4.78 is 9.84. The molecule has 2 N–H and O–H groups in total. The van der Waals surface area contributed by atoms with Gasteiger partial charge in [-0.25, -0.2) is 0 Å². The number of nitrogens with one attached hydrogen (secondary N) is 1. The van der Waals surface area contributed by atoms with Crippen LogP contribution in [0.15, 0.2) is 4.52 Å². The van der Waals surface area contributed by atoms with Gasteiger partial charge in [0.05, 0.1) is 18.4 Å². The van der Waals surface area contributed by atoms with Crippen LogP contribution in [0.4, 0.5) is 0 Å². The van der Waals surface area contributed by atoms with Gasteiger partial charge in [-0.3, -0.25) is 4.79 Å². The maximum atomic E-state index is 11.6. The van der Waals surface area contributed by atoms with E-state index in [0.29, 0.717) is 25.8 Å². The maximum absolute atomic E-state index is 11.6. The number of nitrogens with zero attached hydrogens (tertiary/aromatic N) is 1. The van der Waals surface area contributed by atoms with Crippen molar-refractivity contribution in [1.29, 1.82) is 0 Å². The number of amides is 1. The second kappa shape index (κ2) is 7.91. The summed E-state index contributed by atoms with van der Waals surface area (Å²) >= 11 is 0. The van der Waals surface area contributed by atoms with Crippen LogP contribution >= 0.6 is 0 Å². The molecule has 108 valence electrons. The molecule has 1 amide bonds. The molecule has 1 aromatic heterocycles. The first-order valence-electron chi connectivity index (χ1n) is 6.40. The van der Waals surface area contributed by atoms with Crippen molar-refractivity contribution >= 4 is 5.91 Å². The highest BCUT2D eigenvalue weighted by Crippen LogP contribution is 2.14. The number of carbonyl (C=O) groups is 1. The molecule has 0 saturated carbocycles. The zero-order valence-electron chi connectivity index (χ0n) is 11.7. The van der Waals surface area contributed by atoms with Gasteiger partial charge >= 0.3 is 0 Å². The Bertz CT molecular complexity index is 384. The maximum Gasteiger partial charge on any atom is 0.220 e. The van der Waals surface area contributed by atoms with E-state index in [-0.39, 0.29) is 12.5 Å². The van der Waals surface area contributed by atoms with Gasteiger partial charge in [0.25, 0.3) is 0 Å². The largest absolute Gasteiger partial charge is 0.391 e. The third-order valence-electron chi connectivity index (χ3n) is 2.94. The lowest BCUT2D eigenvalue weighted by Crippen LogP contribution is -2.28. The molecule has 6 nitrogen and oxygen atoms in total. The second-order valence-electron chi connectivity index (χ2n) is 4.55. The van der Waals surface area contributed by atoms with Crippen LogP contribution < -0.4 is 5.32 Å². The molecule has 1 rings (SSSR count). The molecule has 1 heterocycles. The first-order chi connectivity index (χ1) is 9.04. The molecule has 1 unspecified atom stereocenters. The highest BCUT2D eigenvalue weighted by Gasteiger charge is 2.11. The van der Waals surface area contributed by atoms with Crippen LogP contribution in [0.2, 0.25) is 0 Å². The zero-order valence-corrected chi connectivity index (χ0v) is 11.7. The molecule has 0 aliphatic heterocycles. The molecule has 0 radical (unpaired) electrons. The third-order valence-corrected chi connectivity index (χ3v) is 2.94. The van der Waals surface area contributed by atoms with E-state index in [1.807, 2.05) is 13.8 Å². The average molecular weight is 270 g/mol. The molecule has 0 fully saturated rings. The molecule has 0 spiro atoms. The van der Waals surface area contributed by atoms with Crippen LogP contribution in [0.5, 0.6) is 0 Å². The Labute approximate surface area is 113 Å². The quantitative estimate of drug-likeness (QED) is 0.727. The molecule has 1 atom stereocenters. The molecule has 0 aromatic carbocycles. The minimum atomic E-state index is -0.534. The zero-order chi connectivity index (χ0) is 14.3. The number of aliphatic hydroxyl groups excluding tert-OH is 1. The van der Waals surface area contributed by atoms with Crippen LogP contribution in [0.1, 0.15) is 29.9 Å². The number of carbonyl (C=O) groups excluding carboxylic acids is 1. The first kappa shape index (κ1) is 15.7. The van der Waals surface area contributed by atoms with E-state index >= 15 is 0 Å². The molecule has 0 aliphatic carbocycles. The van der Waals surface area contributed by atoms with E-state index in [1.165, 1.54) is 7.11 Å². The lowest BCUT2D eigenvalue weighted by Gasteiger charge is -2.10. The number of ether oxygens (including phenoxy) is 1. The summed E-state index contributed by atoms with van der Waals surface area (Å²) in [6.07, 6.45) is 0.967. The smallest absolute Gasteiger partial charge is 0.220 e. The Morgan fingerprint density at radius 2 is 2.26 bits per heavy atom. The number of hydrogen-bond donors (Lipinski definition) is 2. The second-order valence-corrected chi connectivity index (χ2v) is 4.55. The molecule has 0 bridgehead atoms. The average Bonchev–Trinajstić information content (AvgIpc) is 2.67. The van der Waals surface area contributed by atoms with Gasteiger partial charge in [-0.05, 0) is 26.7 Å². The number of methoxy groups -OCH3 is 1. The molecule has 0 aliphatic rings. The van der Waals surface area contributed by atoms with Crippen LogP contribution in [-0.4, -0.2) is 42.5 Å². The number of aliphatic hydroxyl groups is 1. The van der Waals surface area contributed by atoms with Crippen molar-refractivity contribution in [1.82, 2.24) is 10.5 Å².